The Morgan fingerprint density at radius 3 is 2.74 bits per heavy atom. The molecule has 0 unspecified atom stereocenters. The lowest BCUT2D eigenvalue weighted by Crippen LogP contribution is -2.13. The number of hydrogen-bond donors (Lipinski definition) is 1. The van der Waals surface area contributed by atoms with E-state index in [0.717, 1.165) is 11.3 Å². The molecular weight excluding hydrogens is 354 g/mol. The summed E-state index contributed by atoms with van der Waals surface area (Å²) >= 11 is 4.20. The van der Waals surface area contributed by atoms with E-state index in [1.807, 2.05) is 0 Å². The molecule has 0 aliphatic rings. The molecule has 9 heteroatoms. The Balaban J connectivity index is 2.28. The van der Waals surface area contributed by atoms with Gasteiger partial charge in [-0.2, -0.15) is 0 Å². The quantitative estimate of drug-likeness (QED) is 0.843. The van der Waals surface area contributed by atoms with Crippen molar-refractivity contribution in [2.75, 3.05) is 4.72 Å². The van der Waals surface area contributed by atoms with Gasteiger partial charge in [-0.05, 0) is 22.0 Å². The van der Waals surface area contributed by atoms with Gasteiger partial charge in [-0.1, -0.05) is 0 Å². The fraction of sp³-hybridized carbons (Fsp3) is 0.100. The number of rotatable bonds is 4. The largest absolute Gasteiger partial charge is 0.293 e. The van der Waals surface area contributed by atoms with Gasteiger partial charge in [0.2, 0.25) is 0 Å². The summed E-state index contributed by atoms with van der Waals surface area (Å²) in [6, 6.07) is 1.43. The summed E-state index contributed by atoms with van der Waals surface area (Å²) in [6.07, 6.45) is 2.71. The van der Waals surface area contributed by atoms with Crippen LogP contribution >= 0.6 is 27.3 Å². The van der Waals surface area contributed by atoms with E-state index in [2.05, 4.69) is 30.6 Å². The Morgan fingerprint density at radius 1 is 1.42 bits per heavy atom. The maximum Gasteiger partial charge on any atom is 0.265 e. The molecule has 0 amide bonds. The molecule has 0 saturated carbocycles. The van der Waals surface area contributed by atoms with Gasteiger partial charge < -0.3 is 0 Å². The second kappa shape index (κ2) is 5.35. The summed E-state index contributed by atoms with van der Waals surface area (Å²) in [4.78, 5) is 18.8. The minimum absolute atomic E-state index is 0.0152. The normalized spacial score (nSPS) is 11.3. The van der Waals surface area contributed by atoms with Crippen LogP contribution in [0.2, 0.25) is 0 Å². The van der Waals surface area contributed by atoms with E-state index in [4.69, 9.17) is 0 Å². The number of sulfonamides is 1. The van der Waals surface area contributed by atoms with E-state index in [1.54, 1.807) is 0 Å². The summed E-state index contributed by atoms with van der Waals surface area (Å²) in [7, 11) is -3.75. The Kier molecular flexibility index (Phi) is 3.97. The molecule has 2 rings (SSSR count). The molecule has 0 bridgehead atoms. The number of carbonyl (C=O) groups excluding carboxylic acids is 1. The van der Waals surface area contributed by atoms with Crippen molar-refractivity contribution in [3.8, 4) is 0 Å². The van der Waals surface area contributed by atoms with Crippen molar-refractivity contribution in [1.82, 2.24) is 9.97 Å². The van der Waals surface area contributed by atoms with E-state index >= 15 is 0 Å². The molecule has 100 valence electrons. The van der Waals surface area contributed by atoms with Gasteiger partial charge >= 0.3 is 0 Å². The van der Waals surface area contributed by atoms with Crippen molar-refractivity contribution in [2.45, 2.75) is 11.8 Å². The molecule has 2 heterocycles. The average molecular weight is 362 g/mol. The lowest BCUT2D eigenvalue weighted by Gasteiger charge is -2.04. The molecule has 0 radical (unpaired) electrons. The van der Waals surface area contributed by atoms with Crippen LogP contribution in [0.15, 0.2) is 33.2 Å². The fourth-order valence-corrected chi connectivity index (χ4v) is 3.70. The highest BCUT2D eigenvalue weighted by atomic mass is 79.9. The second-order valence-corrected chi connectivity index (χ2v) is 6.99. The van der Waals surface area contributed by atoms with Crippen molar-refractivity contribution >= 4 is 48.2 Å². The van der Waals surface area contributed by atoms with Crippen molar-refractivity contribution in [2.24, 2.45) is 0 Å². The highest BCUT2D eigenvalue weighted by Gasteiger charge is 2.17. The van der Waals surface area contributed by atoms with Crippen LogP contribution in [0.5, 0.6) is 0 Å². The van der Waals surface area contributed by atoms with Gasteiger partial charge in [0, 0.05) is 29.2 Å². The Morgan fingerprint density at radius 2 is 2.16 bits per heavy atom. The summed E-state index contributed by atoms with van der Waals surface area (Å²) in [6.45, 7) is 1.37. The minimum atomic E-state index is -3.75. The highest BCUT2D eigenvalue weighted by Crippen LogP contribution is 2.21. The number of ketones is 1. The van der Waals surface area contributed by atoms with Gasteiger partial charge in [0.1, 0.15) is 10.6 Å². The first-order valence-electron chi connectivity index (χ1n) is 4.98. The number of anilines is 1. The molecule has 0 aliphatic carbocycles. The minimum Gasteiger partial charge on any atom is -0.293 e. The molecular formula is C10H8BrN3O3S2. The zero-order chi connectivity index (χ0) is 14.0. The van der Waals surface area contributed by atoms with E-state index in [1.165, 1.54) is 30.8 Å². The summed E-state index contributed by atoms with van der Waals surface area (Å²) in [5, 5.41) is 1.64. The predicted molar refractivity (Wildman–Crippen MR) is 74.9 cm³/mol. The SMILES string of the molecule is CC(=O)c1csc(NS(=O)(=O)c2cncc(Br)c2)n1. The zero-order valence-electron chi connectivity index (χ0n) is 9.62. The number of halogens is 1. The standard InChI is InChI=1S/C10H8BrN3O3S2/c1-6(15)9-5-18-10(13-9)14-19(16,17)8-2-7(11)3-12-4-8/h2-5H,1H3,(H,13,14). The highest BCUT2D eigenvalue weighted by molar-refractivity contribution is 9.10. The molecule has 19 heavy (non-hydrogen) atoms. The van der Waals surface area contributed by atoms with E-state index in [0.29, 0.717) is 4.47 Å². The third-order valence-electron chi connectivity index (χ3n) is 2.08. The van der Waals surface area contributed by atoms with Gasteiger partial charge in [-0.15, -0.1) is 11.3 Å². The first kappa shape index (κ1) is 14.1. The first-order chi connectivity index (χ1) is 8.88. The summed E-state index contributed by atoms with van der Waals surface area (Å²) in [5.74, 6) is -0.217. The smallest absolute Gasteiger partial charge is 0.265 e. The molecule has 2 aromatic rings. The van der Waals surface area contributed by atoms with Crippen molar-refractivity contribution in [3.63, 3.8) is 0 Å². The number of aromatic nitrogens is 2. The monoisotopic (exact) mass is 361 g/mol. The fourth-order valence-electron chi connectivity index (χ4n) is 1.20. The number of hydrogen-bond acceptors (Lipinski definition) is 6. The molecule has 0 atom stereocenters. The second-order valence-electron chi connectivity index (χ2n) is 3.54. The van der Waals surface area contributed by atoms with Gasteiger partial charge in [0.15, 0.2) is 10.9 Å². The maximum atomic E-state index is 12.0. The molecule has 0 fully saturated rings. The van der Waals surface area contributed by atoms with Gasteiger partial charge in [0.05, 0.1) is 0 Å². The lowest BCUT2D eigenvalue weighted by atomic mass is 10.4. The molecule has 1 N–H and O–H groups in total. The third-order valence-corrected chi connectivity index (χ3v) is 4.70. The number of thiazole rings is 1. The van der Waals surface area contributed by atoms with Crippen LogP contribution in [0.4, 0.5) is 5.13 Å². The summed E-state index contributed by atoms with van der Waals surface area (Å²) in [5.41, 5.74) is 0.232. The van der Waals surface area contributed by atoms with Crippen LogP contribution in [0.3, 0.4) is 0 Å². The van der Waals surface area contributed by atoms with Crippen LogP contribution in [0, 0.1) is 0 Å². The number of pyridine rings is 1. The van der Waals surface area contributed by atoms with Crippen LogP contribution < -0.4 is 4.72 Å². The maximum absolute atomic E-state index is 12.0. The molecule has 0 aliphatic heterocycles. The number of carbonyl (C=O) groups is 1. The third kappa shape index (κ3) is 3.37. The molecule has 6 nitrogen and oxygen atoms in total. The molecule has 0 aromatic carbocycles. The molecule has 0 saturated heterocycles. The van der Waals surface area contributed by atoms with Gasteiger partial charge in [-0.25, -0.2) is 13.4 Å². The molecule has 0 spiro atoms. The molecule has 2 aromatic heterocycles. The number of nitrogens with one attached hydrogen (secondary N) is 1. The van der Waals surface area contributed by atoms with Crippen LogP contribution in [0.1, 0.15) is 17.4 Å². The average Bonchev–Trinajstić information content (AvgIpc) is 2.77. The lowest BCUT2D eigenvalue weighted by molar-refractivity contribution is 0.101. The topological polar surface area (TPSA) is 89.0 Å². The van der Waals surface area contributed by atoms with E-state index < -0.39 is 10.0 Å². The van der Waals surface area contributed by atoms with Crippen LogP contribution in [0.25, 0.3) is 0 Å². The number of Topliss-reactive ketones (excluding diaryl/α,β-unsaturated/α-hetero) is 1. The van der Waals surface area contributed by atoms with Crippen molar-refractivity contribution < 1.29 is 13.2 Å². The first-order valence-corrected chi connectivity index (χ1v) is 8.14. The van der Waals surface area contributed by atoms with E-state index in [9.17, 15) is 13.2 Å². The zero-order valence-corrected chi connectivity index (χ0v) is 12.8. The Bertz CT molecular complexity index is 727. The predicted octanol–water partition coefficient (Wildman–Crippen LogP) is 2.30. The van der Waals surface area contributed by atoms with Crippen molar-refractivity contribution in [3.05, 3.63) is 34.0 Å². The van der Waals surface area contributed by atoms with Crippen LogP contribution in [-0.2, 0) is 10.0 Å². The van der Waals surface area contributed by atoms with Crippen LogP contribution in [-0.4, -0.2) is 24.2 Å². The van der Waals surface area contributed by atoms with Gasteiger partial charge in [0.25, 0.3) is 10.0 Å². The number of nitrogens with zero attached hydrogens (tertiary/aromatic N) is 2. The summed E-state index contributed by atoms with van der Waals surface area (Å²) < 4.78 is 26.9. The van der Waals surface area contributed by atoms with Crippen molar-refractivity contribution in [1.29, 1.82) is 0 Å². The Labute approximate surface area is 122 Å². The van der Waals surface area contributed by atoms with E-state index in [-0.39, 0.29) is 21.5 Å². The van der Waals surface area contributed by atoms with Gasteiger partial charge in [-0.3, -0.25) is 14.5 Å². The Hall–Kier alpha value is -1.32.